The van der Waals surface area contributed by atoms with E-state index in [1.54, 1.807) is 0 Å². The van der Waals surface area contributed by atoms with Crippen molar-refractivity contribution in [1.29, 1.82) is 0 Å². The smallest absolute Gasteiger partial charge is 0.00172 e. The van der Waals surface area contributed by atoms with Crippen molar-refractivity contribution in [3.63, 3.8) is 0 Å². The summed E-state index contributed by atoms with van der Waals surface area (Å²) in [5.74, 6) is 2.20. The van der Waals surface area contributed by atoms with Crippen LogP contribution in [0.3, 0.4) is 0 Å². The van der Waals surface area contributed by atoms with Crippen LogP contribution in [0.1, 0.15) is 20.3 Å². The quantitative estimate of drug-likeness (QED) is 0.519. The van der Waals surface area contributed by atoms with Crippen molar-refractivity contribution in [1.82, 2.24) is 5.32 Å². The lowest BCUT2D eigenvalue weighted by atomic mass is 10.4. The number of nitrogens with two attached hydrogens (primary N) is 1. The second kappa shape index (κ2) is 3.35. The van der Waals surface area contributed by atoms with Crippen molar-refractivity contribution in [2.75, 3.05) is 13.1 Å². The van der Waals surface area contributed by atoms with Crippen LogP contribution in [0.15, 0.2) is 0 Å². The Labute approximate surface area is 63.2 Å². The minimum atomic E-state index is 0.333. The minimum absolute atomic E-state index is 0.333. The normalized spacial score (nSPS) is 34.8. The summed E-state index contributed by atoms with van der Waals surface area (Å²) < 4.78 is 0. The van der Waals surface area contributed by atoms with Crippen molar-refractivity contribution < 1.29 is 0 Å². The molecule has 2 fully saturated rings. The SMILES string of the molecule is C1NCC2CC12.CC(C)N. The van der Waals surface area contributed by atoms with Crippen molar-refractivity contribution >= 4 is 0 Å². The third-order valence-electron chi connectivity index (χ3n) is 1.88. The van der Waals surface area contributed by atoms with E-state index in [-0.39, 0.29) is 0 Å². The zero-order valence-electron chi connectivity index (χ0n) is 6.93. The van der Waals surface area contributed by atoms with E-state index in [9.17, 15) is 0 Å². The lowest BCUT2D eigenvalue weighted by molar-refractivity contribution is 0.732. The molecule has 0 aromatic heterocycles. The molecule has 2 unspecified atom stereocenters. The molecule has 10 heavy (non-hydrogen) atoms. The highest BCUT2D eigenvalue weighted by atomic mass is 14.9. The topological polar surface area (TPSA) is 38.0 Å². The standard InChI is InChI=1S/C5H9N.C3H9N/c1-4-2-6-3-5(1)4;1-3(2)4/h4-6H,1-3H2;3H,4H2,1-2H3. The fourth-order valence-corrected chi connectivity index (χ4v) is 1.26. The van der Waals surface area contributed by atoms with Gasteiger partial charge in [-0.15, -0.1) is 0 Å². The predicted octanol–water partition coefficient (Wildman–Crippen LogP) is 0.579. The molecule has 60 valence electrons. The van der Waals surface area contributed by atoms with Gasteiger partial charge in [0.2, 0.25) is 0 Å². The van der Waals surface area contributed by atoms with Gasteiger partial charge in [0.1, 0.15) is 0 Å². The van der Waals surface area contributed by atoms with Gasteiger partial charge >= 0.3 is 0 Å². The van der Waals surface area contributed by atoms with Gasteiger partial charge in [-0.1, -0.05) is 13.8 Å². The molecule has 0 amide bonds. The molecule has 3 N–H and O–H groups in total. The molecule has 2 heteroatoms. The molecule has 0 bridgehead atoms. The van der Waals surface area contributed by atoms with Crippen LogP contribution in [0.2, 0.25) is 0 Å². The molecule has 1 heterocycles. The number of nitrogens with one attached hydrogen (secondary N) is 1. The van der Waals surface area contributed by atoms with E-state index in [2.05, 4.69) is 5.32 Å². The zero-order valence-corrected chi connectivity index (χ0v) is 6.93. The molecule has 2 nitrogen and oxygen atoms in total. The highest BCUT2D eigenvalue weighted by Gasteiger charge is 2.40. The third kappa shape index (κ3) is 2.67. The summed E-state index contributed by atoms with van der Waals surface area (Å²) in [5.41, 5.74) is 5.11. The van der Waals surface area contributed by atoms with E-state index in [0.717, 1.165) is 11.8 Å². The van der Waals surface area contributed by atoms with E-state index in [0.29, 0.717) is 6.04 Å². The molecule has 0 radical (unpaired) electrons. The van der Waals surface area contributed by atoms with E-state index in [1.165, 1.54) is 19.5 Å². The Morgan fingerprint density at radius 3 is 1.80 bits per heavy atom. The van der Waals surface area contributed by atoms with Crippen LogP contribution in [-0.4, -0.2) is 19.1 Å². The third-order valence-corrected chi connectivity index (χ3v) is 1.88. The number of fused-ring (bicyclic) bond motifs is 1. The first-order valence-corrected chi connectivity index (χ1v) is 4.16. The van der Waals surface area contributed by atoms with Gasteiger partial charge in [-0.2, -0.15) is 0 Å². The van der Waals surface area contributed by atoms with Crippen LogP contribution >= 0.6 is 0 Å². The molecule has 1 saturated heterocycles. The van der Waals surface area contributed by atoms with Crippen LogP contribution in [0.25, 0.3) is 0 Å². The molecule has 1 aliphatic heterocycles. The summed E-state index contributed by atoms with van der Waals surface area (Å²) >= 11 is 0. The Bertz CT molecular complexity index is 90.7. The van der Waals surface area contributed by atoms with Crippen molar-refractivity contribution in [3.8, 4) is 0 Å². The maximum absolute atomic E-state index is 5.11. The second-order valence-corrected chi connectivity index (χ2v) is 3.66. The molecule has 0 spiro atoms. The fourth-order valence-electron chi connectivity index (χ4n) is 1.26. The summed E-state index contributed by atoms with van der Waals surface area (Å²) in [5, 5.41) is 3.32. The molecule has 1 aliphatic carbocycles. The van der Waals surface area contributed by atoms with Crippen LogP contribution in [0.4, 0.5) is 0 Å². The lowest BCUT2D eigenvalue weighted by Gasteiger charge is -1.87. The van der Waals surface area contributed by atoms with E-state index >= 15 is 0 Å². The van der Waals surface area contributed by atoms with Gasteiger partial charge in [0, 0.05) is 0 Å². The summed E-state index contributed by atoms with van der Waals surface area (Å²) in [6.45, 7) is 6.51. The molecular weight excluding hydrogens is 124 g/mol. The maximum atomic E-state index is 5.11. The number of hydrogen-bond donors (Lipinski definition) is 2. The Morgan fingerprint density at radius 1 is 1.30 bits per heavy atom. The average Bonchev–Trinajstić information content (AvgIpc) is 2.40. The predicted molar refractivity (Wildman–Crippen MR) is 43.8 cm³/mol. The molecular formula is C8H18N2. The average molecular weight is 142 g/mol. The fraction of sp³-hybridized carbons (Fsp3) is 1.00. The maximum Gasteiger partial charge on any atom is -0.00172 e. The highest BCUT2D eigenvalue weighted by Crippen LogP contribution is 2.40. The van der Waals surface area contributed by atoms with Gasteiger partial charge in [0.25, 0.3) is 0 Å². The zero-order chi connectivity index (χ0) is 7.56. The van der Waals surface area contributed by atoms with Gasteiger partial charge < -0.3 is 11.1 Å². The van der Waals surface area contributed by atoms with Gasteiger partial charge in [0.05, 0.1) is 0 Å². The number of piperidine rings is 1. The first-order valence-electron chi connectivity index (χ1n) is 4.16. The Kier molecular flexibility index (Phi) is 2.69. The Balaban J connectivity index is 0.000000112. The Hall–Kier alpha value is -0.0800. The molecule has 0 aromatic carbocycles. The molecule has 2 aliphatic rings. The largest absolute Gasteiger partial charge is 0.328 e. The second-order valence-electron chi connectivity index (χ2n) is 3.66. The number of rotatable bonds is 0. The lowest BCUT2D eigenvalue weighted by Crippen LogP contribution is -2.10. The van der Waals surface area contributed by atoms with Gasteiger partial charge in [-0.05, 0) is 37.4 Å². The first-order chi connectivity index (χ1) is 4.70. The van der Waals surface area contributed by atoms with Crippen LogP contribution in [-0.2, 0) is 0 Å². The molecule has 0 aromatic rings. The summed E-state index contributed by atoms with van der Waals surface area (Å²) in [6.07, 6.45) is 1.52. The molecule has 1 saturated carbocycles. The highest BCUT2D eigenvalue weighted by molar-refractivity contribution is 4.94. The molecule has 2 atom stereocenters. The summed E-state index contributed by atoms with van der Waals surface area (Å²) in [6, 6.07) is 0.333. The minimum Gasteiger partial charge on any atom is -0.328 e. The van der Waals surface area contributed by atoms with Crippen molar-refractivity contribution in [2.45, 2.75) is 26.3 Å². The monoisotopic (exact) mass is 142 g/mol. The van der Waals surface area contributed by atoms with Gasteiger partial charge in [0.15, 0.2) is 0 Å². The Morgan fingerprint density at radius 2 is 1.70 bits per heavy atom. The van der Waals surface area contributed by atoms with Crippen molar-refractivity contribution in [3.05, 3.63) is 0 Å². The summed E-state index contributed by atoms with van der Waals surface area (Å²) in [4.78, 5) is 0. The molecule has 2 rings (SSSR count). The van der Waals surface area contributed by atoms with E-state index in [1.807, 2.05) is 13.8 Å². The van der Waals surface area contributed by atoms with E-state index in [4.69, 9.17) is 5.73 Å². The first kappa shape index (κ1) is 8.02. The van der Waals surface area contributed by atoms with Crippen molar-refractivity contribution in [2.24, 2.45) is 17.6 Å². The van der Waals surface area contributed by atoms with Crippen LogP contribution in [0, 0.1) is 11.8 Å². The summed E-state index contributed by atoms with van der Waals surface area (Å²) in [7, 11) is 0. The van der Waals surface area contributed by atoms with Crippen LogP contribution < -0.4 is 11.1 Å². The number of hydrogen-bond acceptors (Lipinski definition) is 2. The van der Waals surface area contributed by atoms with E-state index < -0.39 is 0 Å². The van der Waals surface area contributed by atoms with Gasteiger partial charge in [-0.3, -0.25) is 0 Å². The van der Waals surface area contributed by atoms with Crippen LogP contribution in [0.5, 0.6) is 0 Å². The van der Waals surface area contributed by atoms with Gasteiger partial charge in [-0.25, -0.2) is 0 Å².